The fourth-order valence-corrected chi connectivity index (χ4v) is 2.26. The molecule has 0 atom stereocenters. The fourth-order valence-electron chi connectivity index (χ4n) is 1.59. The second-order valence-electron chi connectivity index (χ2n) is 5.11. The molecule has 0 fully saturated rings. The summed E-state index contributed by atoms with van der Waals surface area (Å²) in [5, 5.41) is 11.7. The predicted octanol–water partition coefficient (Wildman–Crippen LogP) is 0.981. The number of carbonyl (C=O) groups excluding carboxylic acids is 1. The lowest BCUT2D eigenvalue weighted by Crippen LogP contribution is -2.44. The molecule has 0 aliphatic heterocycles. The van der Waals surface area contributed by atoms with Gasteiger partial charge in [0.05, 0.1) is 4.90 Å². The van der Waals surface area contributed by atoms with Crippen molar-refractivity contribution in [2.75, 3.05) is 12.9 Å². The summed E-state index contributed by atoms with van der Waals surface area (Å²) in [7, 11) is -3.33. The summed E-state index contributed by atoms with van der Waals surface area (Å²) in [4.78, 5) is 12.1. The van der Waals surface area contributed by atoms with Gasteiger partial charge in [0, 0.05) is 24.0 Å². The molecule has 0 bridgehead atoms. The minimum atomic E-state index is -3.33. The molecule has 106 valence electrons. The Bertz CT molecular complexity index is 564. The van der Waals surface area contributed by atoms with E-state index in [4.69, 9.17) is 5.11 Å². The molecular weight excluding hydrogens is 266 g/mol. The number of amides is 1. The van der Waals surface area contributed by atoms with Gasteiger partial charge in [0.1, 0.15) is 0 Å². The van der Waals surface area contributed by atoms with E-state index in [0.29, 0.717) is 6.42 Å². The molecule has 0 spiro atoms. The fraction of sp³-hybridized carbons (Fsp3) is 0.462. The summed E-state index contributed by atoms with van der Waals surface area (Å²) in [6, 6.07) is 5.88. The topological polar surface area (TPSA) is 83.5 Å². The highest BCUT2D eigenvalue weighted by Crippen LogP contribution is 2.13. The lowest BCUT2D eigenvalue weighted by Gasteiger charge is -2.25. The highest BCUT2D eigenvalue weighted by atomic mass is 32.2. The molecule has 0 unspecified atom stereocenters. The Labute approximate surface area is 113 Å². The molecular formula is C13H19NO4S. The monoisotopic (exact) mass is 285 g/mol. The van der Waals surface area contributed by atoms with Crippen LogP contribution in [0.2, 0.25) is 0 Å². The standard InChI is InChI=1S/C13H19NO4S/c1-13(2,7-8-15)14-12(16)10-5-4-6-11(9-10)19(3,17)18/h4-6,9,15H,7-8H2,1-3H3,(H,14,16). The first-order valence-electron chi connectivity index (χ1n) is 5.89. The van der Waals surface area contributed by atoms with Crippen LogP contribution < -0.4 is 5.32 Å². The van der Waals surface area contributed by atoms with Gasteiger partial charge in [-0.25, -0.2) is 8.42 Å². The van der Waals surface area contributed by atoms with Crippen molar-refractivity contribution >= 4 is 15.7 Å². The van der Waals surface area contributed by atoms with Crippen molar-refractivity contribution in [3.63, 3.8) is 0 Å². The number of benzene rings is 1. The third-order valence-corrected chi connectivity index (χ3v) is 3.82. The molecule has 19 heavy (non-hydrogen) atoms. The van der Waals surface area contributed by atoms with E-state index in [-0.39, 0.29) is 23.0 Å². The van der Waals surface area contributed by atoms with E-state index >= 15 is 0 Å². The summed E-state index contributed by atoms with van der Waals surface area (Å²) in [6.45, 7) is 3.56. The molecule has 0 radical (unpaired) electrons. The number of sulfone groups is 1. The van der Waals surface area contributed by atoms with Crippen molar-refractivity contribution in [2.24, 2.45) is 0 Å². The maximum Gasteiger partial charge on any atom is 0.251 e. The predicted molar refractivity (Wildman–Crippen MR) is 72.8 cm³/mol. The van der Waals surface area contributed by atoms with Crippen LogP contribution in [-0.2, 0) is 9.84 Å². The van der Waals surface area contributed by atoms with Crippen LogP contribution in [0.5, 0.6) is 0 Å². The minimum Gasteiger partial charge on any atom is -0.396 e. The van der Waals surface area contributed by atoms with Gasteiger partial charge in [0.25, 0.3) is 5.91 Å². The maximum atomic E-state index is 12.0. The first kappa shape index (κ1) is 15.7. The number of hydrogen-bond donors (Lipinski definition) is 2. The summed E-state index contributed by atoms with van der Waals surface area (Å²) < 4.78 is 22.9. The molecule has 1 amide bonds. The van der Waals surface area contributed by atoms with Gasteiger partial charge in [-0.15, -0.1) is 0 Å². The average Bonchev–Trinajstić information content (AvgIpc) is 2.27. The Morgan fingerprint density at radius 3 is 2.53 bits per heavy atom. The van der Waals surface area contributed by atoms with E-state index in [0.717, 1.165) is 6.26 Å². The third-order valence-electron chi connectivity index (χ3n) is 2.71. The molecule has 2 N–H and O–H groups in total. The normalized spacial score (nSPS) is 12.2. The average molecular weight is 285 g/mol. The van der Waals surface area contributed by atoms with Crippen LogP contribution in [-0.4, -0.2) is 37.8 Å². The molecule has 1 rings (SSSR count). The Kier molecular flexibility index (Phi) is 4.70. The molecule has 0 heterocycles. The Morgan fingerprint density at radius 1 is 1.37 bits per heavy atom. The summed E-state index contributed by atoms with van der Waals surface area (Å²) in [5.74, 6) is -0.357. The van der Waals surface area contributed by atoms with Crippen LogP contribution in [0.25, 0.3) is 0 Å². The van der Waals surface area contributed by atoms with Crippen molar-refractivity contribution in [2.45, 2.75) is 30.7 Å². The van der Waals surface area contributed by atoms with Crippen LogP contribution in [0.3, 0.4) is 0 Å². The molecule has 0 saturated carbocycles. The van der Waals surface area contributed by atoms with Gasteiger partial charge in [-0.1, -0.05) is 6.07 Å². The van der Waals surface area contributed by atoms with E-state index in [9.17, 15) is 13.2 Å². The largest absolute Gasteiger partial charge is 0.396 e. The molecule has 0 aliphatic rings. The van der Waals surface area contributed by atoms with E-state index in [1.807, 2.05) is 0 Å². The number of nitrogens with one attached hydrogen (secondary N) is 1. The van der Waals surface area contributed by atoms with Gasteiger partial charge < -0.3 is 10.4 Å². The first-order chi connectivity index (χ1) is 8.65. The lowest BCUT2D eigenvalue weighted by atomic mass is 10.0. The van der Waals surface area contributed by atoms with Gasteiger partial charge >= 0.3 is 0 Å². The van der Waals surface area contributed by atoms with E-state index < -0.39 is 15.4 Å². The summed E-state index contributed by atoms with van der Waals surface area (Å²) >= 11 is 0. The minimum absolute atomic E-state index is 0.0311. The molecule has 0 aromatic heterocycles. The second kappa shape index (κ2) is 5.71. The van der Waals surface area contributed by atoms with Crippen LogP contribution in [0, 0.1) is 0 Å². The number of rotatable bonds is 5. The molecule has 5 nitrogen and oxygen atoms in total. The van der Waals surface area contributed by atoms with Crippen molar-refractivity contribution < 1.29 is 18.3 Å². The van der Waals surface area contributed by atoms with Crippen molar-refractivity contribution in [1.82, 2.24) is 5.32 Å². The van der Waals surface area contributed by atoms with E-state index in [1.54, 1.807) is 19.9 Å². The Morgan fingerprint density at radius 2 is 2.00 bits per heavy atom. The first-order valence-corrected chi connectivity index (χ1v) is 7.78. The molecule has 6 heteroatoms. The van der Waals surface area contributed by atoms with Crippen LogP contribution in [0.4, 0.5) is 0 Å². The van der Waals surface area contributed by atoms with Gasteiger partial charge in [-0.3, -0.25) is 4.79 Å². The quantitative estimate of drug-likeness (QED) is 0.844. The van der Waals surface area contributed by atoms with E-state index in [1.165, 1.54) is 18.2 Å². The van der Waals surface area contributed by atoms with Crippen LogP contribution >= 0.6 is 0 Å². The van der Waals surface area contributed by atoms with Crippen LogP contribution in [0.1, 0.15) is 30.6 Å². The van der Waals surface area contributed by atoms with Gasteiger partial charge in [-0.05, 0) is 38.5 Å². The highest BCUT2D eigenvalue weighted by Gasteiger charge is 2.21. The Balaban J connectivity index is 2.96. The Hall–Kier alpha value is -1.40. The zero-order valence-corrected chi connectivity index (χ0v) is 12.1. The van der Waals surface area contributed by atoms with E-state index in [2.05, 4.69) is 5.32 Å². The zero-order chi connectivity index (χ0) is 14.7. The second-order valence-corrected chi connectivity index (χ2v) is 7.13. The summed E-state index contributed by atoms with van der Waals surface area (Å²) in [6.07, 6.45) is 1.52. The smallest absolute Gasteiger partial charge is 0.251 e. The van der Waals surface area contributed by atoms with Gasteiger partial charge in [0.2, 0.25) is 0 Å². The van der Waals surface area contributed by atoms with Crippen LogP contribution in [0.15, 0.2) is 29.2 Å². The number of hydrogen-bond acceptors (Lipinski definition) is 4. The van der Waals surface area contributed by atoms with Crippen molar-refractivity contribution in [1.29, 1.82) is 0 Å². The number of carbonyl (C=O) groups is 1. The zero-order valence-electron chi connectivity index (χ0n) is 11.3. The lowest BCUT2D eigenvalue weighted by molar-refractivity contribution is 0.0899. The molecule has 1 aromatic carbocycles. The van der Waals surface area contributed by atoms with Crippen molar-refractivity contribution in [3.05, 3.63) is 29.8 Å². The molecule has 1 aromatic rings. The molecule has 0 saturated heterocycles. The van der Waals surface area contributed by atoms with Crippen molar-refractivity contribution in [3.8, 4) is 0 Å². The SMILES string of the molecule is CC(C)(CCO)NC(=O)c1cccc(S(C)(=O)=O)c1. The summed E-state index contributed by atoms with van der Waals surface area (Å²) in [5.41, 5.74) is -0.263. The number of aliphatic hydroxyl groups is 1. The molecule has 0 aliphatic carbocycles. The highest BCUT2D eigenvalue weighted by molar-refractivity contribution is 7.90. The third kappa shape index (κ3) is 4.65. The maximum absolute atomic E-state index is 12.0. The number of aliphatic hydroxyl groups excluding tert-OH is 1. The van der Waals surface area contributed by atoms with Gasteiger partial charge in [0.15, 0.2) is 9.84 Å². The van der Waals surface area contributed by atoms with Gasteiger partial charge in [-0.2, -0.15) is 0 Å².